The number of ether oxygens (including phenoxy) is 1. The zero-order valence-corrected chi connectivity index (χ0v) is 10.3. The van der Waals surface area contributed by atoms with E-state index in [2.05, 4.69) is 0 Å². The zero-order valence-electron chi connectivity index (χ0n) is 10.3. The molecule has 0 radical (unpaired) electrons. The molecule has 0 heterocycles. The second-order valence-corrected chi connectivity index (χ2v) is 3.90. The number of benzene rings is 1. The number of rotatable bonds is 6. The van der Waals surface area contributed by atoms with E-state index in [1.807, 2.05) is 6.92 Å². The molecule has 0 spiro atoms. The molecular formula is C12H15NO5. The summed E-state index contributed by atoms with van der Waals surface area (Å²) in [5.41, 5.74) is -0.186. The van der Waals surface area contributed by atoms with Crippen LogP contribution in [-0.4, -0.2) is 22.6 Å². The molecule has 0 atom stereocenters. The SMILES string of the molecule is CCCCOc1cc([N+](=O)[O-])c(C(=O)O)cc1C. The van der Waals surface area contributed by atoms with E-state index >= 15 is 0 Å². The first-order chi connectivity index (χ1) is 8.47. The third-order valence-electron chi connectivity index (χ3n) is 2.48. The third-order valence-corrected chi connectivity index (χ3v) is 2.48. The van der Waals surface area contributed by atoms with Crippen LogP contribution in [0.25, 0.3) is 0 Å². The van der Waals surface area contributed by atoms with Crippen molar-refractivity contribution in [2.75, 3.05) is 6.61 Å². The number of nitro benzene ring substituents is 1. The highest BCUT2D eigenvalue weighted by Gasteiger charge is 2.22. The fraction of sp³-hybridized carbons (Fsp3) is 0.417. The molecule has 1 aromatic rings. The molecular weight excluding hydrogens is 238 g/mol. The average Bonchev–Trinajstić information content (AvgIpc) is 2.30. The number of nitrogens with zero attached hydrogens (tertiary/aromatic N) is 1. The molecule has 0 amide bonds. The smallest absolute Gasteiger partial charge is 0.342 e. The summed E-state index contributed by atoms with van der Waals surface area (Å²) in [5, 5.41) is 19.7. The maximum absolute atomic E-state index is 10.9. The molecule has 1 aromatic carbocycles. The van der Waals surface area contributed by atoms with E-state index in [0.717, 1.165) is 12.8 Å². The summed E-state index contributed by atoms with van der Waals surface area (Å²) in [5.74, 6) is -0.954. The van der Waals surface area contributed by atoms with Crippen LogP contribution in [0.5, 0.6) is 5.75 Å². The molecule has 0 aliphatic carbocycles. The molecule has 0 fully saturated rings. The van der Waals surface area contributed by atoms with Crippen LogP contribution in [0.2, 0.25) is 0 Å². The fourth-order valence-corrected chi connectivity index (χ4v) is 1.48. The van der Waals surface area contributed by atoms with Crippen LogP contribution in [0.4, 0.5) is 5.69 Å². The Morgan fingerprint density at radius 2 is 2.17 bits per heavy atom. The number of carboxylic acid groups (broad SMARTS) is 1. The first-order valence-electron chi connectivity index (χ1n) is 5.62. The Balaban J connectivity index is 3.11. The van der Waals surface area contributed by atoms with Gasteiger partial charge in [0.05, 0.1) is 17.6 Å². The van der Waals surface area contributed by atoms with E-state index in [0.29, 0.717) is 17.9 Å². The van der Waals surface area contributed by atoms with Crippen LogP contribution in [0, 0.1) is 17.0 Å². The number of hydrogen-bond acceptors (Lipinski definition) is 4. The standard InChI is InChI=1S/C12H15NO5/c1-3-4-5-18-11-7-10(13(16)17)9(12(14)15)6-8(11)2/h6-7H,3-5H2,1-2H3,(H,14,15). The van der Waals surface area contributed by atoms with Crippen LogP contribution in [-0.2, 0) is 0 Å². The molecule has 6 heteroatoms. The van der Waals surface area contributed by atoms with Gasteiger partial charge in [-0.05, 0) is 25.0 Å². The van der Waals surface area contributed by atoms with Crippen molar-refractivity contribution in [3.63, 3.8) is 0 Å². The van der Waals surface area contributed by atoms with Gasteiger partial charge in [0.25, 0.3) is 5.69 Å². The number of nitro groups is 1. The second kappa shape index (κ2) is 6.00. The molecule has 6 nitrogen and oxygen atoms in total. The third kappa shape index (κ3) is 3.19. The monoisotopic (exact) mass is 253 g/mol. The predicted molar refractivity (Wildman–Crippen MR) is 65.2 cm³/mol. The van der Waals surface area contributed by atoms with Crippen molar-refractivity contribution in [1.29, 1.82) is 0 Å². The lowest BCUT2D eigenvalue weighted by molar-refractivity contribution is -0.385. The quantitative estimate of drug-likeness (QED) is 0.478. The molecule has 0 saturated carbocycles. The topological polar surface area (TPSA) is 89.7 Å². The Hall–Kier alpha value is -2.11. The molecule has 18 heavy (non-hydrogen) atoms. The summed E-state index contributed by atoms with van der Waals surface area (Å²) in [6.07, 6.45) is 1.79. The Kier molecular flexibility index (Phi) is 4.65. The van der Waals surface area contributed by atoms with Crippen LogP contribution in [0.1, 0.15) is 35.7 Å². The summed E-state index contributed by atoms with van der Waals surface area (Å²) in [6.45, 7) is 4.13. The molecule has 0 bridgehead atoms. The van der Waals surface area contributed by atoms with Gasteiger partial charge in [-0.1, -0.05) is 13.3 Å². The van der Waals surface area contributed by atoms with Crippen molar-refractivity contribution >= 4 is 11.7 Å². The molecule has 0 aliphatic heterocycles. The van der Waals surface area contributed by atoms with Crippen molar-refractivity contribution in [1.82, 2.24) is 0 Å². The lowest BCUT2D eigenvalue weighted by Crippen LogP contribution is -2.05. The van der Waals surface area contributed by atoms with Crippen molar-refractivity contribution in [2.45, 2.75) is 26.7 Å². The van der Waals surface area contributed by atoms with Crippen molar-refractivity contribution in [2.24, 2.45) is 0 Å². The Labute approximate surface area is 104 Å². The minimum Gasteiger partial charge on any atom is -0.493 e. The van der Waals surface area contributed by atoms with Gasteiger partial charge < -0.3 is 9.84 Å². The average molecular weight is 253 g/mol. The minimum atomic E-state index is -1.31. The summed E-state index contributed by atoms with van der Waals surface area (Å²) < 4.78 is 5.41. The van der Waals surface area contributed by atoms with Gasteiger partial charge in [0.15, 0.2) is 0 Å². The molecule has 98 valence electrons. The number of aromatic carboxylic acids is 1. The number of unbranched alkanes of at least 4 members (excludes halogenated alkanes) is 1. The van der Waals surface area contributed by atoms with Crippen molar-refractivity contribution in [3.05, 3.63) is 33.4 Å². The van der Waals surface area contributed by atoms with Crippen molar-refractivity contribution in [3.8, 4) is 5.75 Å². The molecule has 0 aromatic heterocycles. The maximum atomic E-state index is 10.9. The second-order valence-electron chi connectivity index (χ2n) is 3.90. The lowest BCUT2D eigenvalue weighted by Gasteiger charge is -2.09. The molecule has 0 aliphatic rings. The first kappa shape index (κ1) is 14.0. The summed E-state index contributed by atoms with van der Waals surface area (Å²) >= 11 is 0. The van der Waals surface area contributed by atoms with Crippen LogP contribution >= 0.6 is 0 Å². The van der Waals surface area contributed by atoms with Crippen LogP contribution < -0.4 is 4.74 Å². The molecule has 0 unspecified atom stereocenters. The van der Waals surface area contributed by atoms with Gasteiger partial charge in [0.1, 0.15) is 11.3 Å². The van der Waals surface area contributed by atoms with Gasteiger partial charge in [-0.15, -0.1) is 0 Å². The van der Waals surface area contributed by atoms with Crippen LogP contribution in [0.3, 0.4) is 0 Å². The van der Waals surface area contributed by atoms with Gasteiger partial charge in [-0.2, -0.15) is 0 Å². The number of hydrogen-bond donors (Lipinski definition) is 1. The van der Waals surface area contributed by atoms with E-state index in [-0.39, 0.29) is 5.56 Å². The Morgan fingerprint density at radius 1 is 1.50 bits per heavy atom. The maximum Gasteiger partial charge on any atom is 0.342 e. The van der Waals surface area contributed by atoms with E-state index in [1.54, 1.807) is 6.92 Å². The number of carbonyl (C=O) groups is 1. The highest BCUT2D eigenvalue weighted by atomic mass is 16.6. The minimum absolute atomic E-state index is 0.319. The highest BCUT2D eigenvalue weighted by Crippen LogP contribution is 2.28. The van der Waals surface area contributed by atoms with Gasteiger partial charge in [0.2, 0.25) is 0 Å². The van der Waals surface area contributed by atoms with E-state index in [1.165, 1.54) is 12.1 Å². The predicted octanol–water partition coefficient (Wildman–Crippen LogP) is 2.78. The Bertz CT molecular complexity index is 470. The molecule has 1 N–H and O–H groups in total. The van der Waals surface area contributed by atoms with E-state index in [9.17, 15) is 14.9 Å². The van der Waals surface area contributed by atoms with Gasteiger partial charge in [-0.3, -0.25) is 10.1 Å². The molecule has 1 rings (SSSR count). The number of aryl methyl sites for hydroxylation is 1. The van der Waals surface area contributed by atoms with Gasteiger partial charge in [-0.25, -0.2) is 4.79 Å². The van der Waals surface area contributed by atoms with E-state index in [4.69, 9.17) is 9.84 Å². The van der Waals surface area contributed by atoms with Crippen LogP contribution in [0.15, 0.2) is 12.1 Å². The van der Waals surface area contributed by atoms with Gasteiger partial charge >= 0.3 is 5.97 Å². The molecule has 0 saturated heterocycles. The summed E-state index contributed by atoms with van der Waals surface area (Å²) in [6, 6.07) is 2.44. The highest BCUT2D eigenvalue weighted by molar-refractivity contribution is 5.93. The normalized spacial score (nSPS) is 10.1. The number of carboxylic acids is 1. The summed E-state index contributed by atoms with van der Waals surface area (Å²) in [4.78, 5) is 21.0. The van der Waals surface area contributed by atoms with Gasteiger partial charge in [0, 0.05) is 0 Å². The fourth-order valence-electron chi connectivity index (χ4n) is 1.48. The first-order valence-corrected chi connectivity index (χ1v) is 5.62. The van der Waals surface area contributed by atoms with E-state index < -0.39 is 16.6 Å². The van der Waals surface area contributed by atoms with Crippen molar-refractivity contribution < 1.29 is 19.6 Å². The lowest BCUT2D eigenvalue weighted by atomic mass is 10.1. The summed E-state index contributed by atoms with van der Waals surface area (Å²) in [7, 11) is 0. The zero-order chi connectivity index (χ0) is 13.7. The Morgan fingerprint density at radius 3 is 2.67 bits per heavy atom. The largest absolute Gasteiger partial charge is 0.493 e.